The van der Waals surface area contributed by atoms with E-state index in [9.17, 15) is 38.4 Å². The van der Waals surface area contributed by atoms with E-state index in [0.717, 1.165) is 86.5 Å². The molecule has 8 amide bonds. The molecule has 4 aromatic rings. The minimum absolute atomic E-state index is 0.00411. The van der Waals surface area contributed by atoms with Gasteiger partial charge in [0, 0.05) is 62.5 Å². The summed E-state index contributed by atoms with van der Waals surface area (Å²) in [6.45, 7) is 4.70. The molecule has 4 fully saturated rings. The molecule has 20 heteroatoms. The quantitative estimate of drug-likeness (QED) is 0.0418. The van der Waals surface area contributed by atoms with E-state index in [1.165, 1.54) is 0 Å². The largest absolute Gasteiger partial charge is 0.343 e. The summed E-state index contributed by atoms with van der Waals surface area (Å²) in [4.78, 5) is 118. The van der Waals surface area contributed by atoms with Crippen LogP contribution in [0.5, 0.6) is 0 Å². The number of hydrogen-bond acceptors (Lipinski definition) is 12. The second-order valence-electron chi connectivity index (χ2n) is 24.7. The van der Waals surface area contributed by atoms with Gasteiger partial charge in [0.25, 0.3) is 11.8 Å². The van der Waals surface area contributed by atoms with Gasteiger partial charge in [0.1, 0.15) is 12.1 Å². The predicted molar refractivity (Wildman–Crippen MR) is 340 cm³/mol. The number of likely N-dealkylation sites (N-methyl/N-ethyl adjacent to an activating group) is 2. The van der Waals surface area contributed by atoms with Crippen molar-refractivity contribution in [1.29, 1.82) is 0 Å². The molecule has 8 rings (SSSR count). The smallest absolute Gasteiger partial charge is 0.251 e. The lowest BCUT2D eigenvalue weighted by atomic mass is 9.83. The molecule has 2 heterocycles. The Hall–Kier alpha value is -7.52. The molecule has 88 heavy (non-hydrogen) atoms. The van der Waals surface area contributed by atoms with Gasteiger partial charge in [-0.05, 0) is 138 Å². The minimum Gasteiger partial charge on any atom is -0.343 e. The molecule has 0 radical (unpaired) electrons. The summed E-state index contributed by atoms with van der Waals surface area (Å²) in [6.07, 6.45) is 11.6. The molecule has 0 unspecified atom stereocenters. The normalized spacial score (nSPS) is 20.2. The van der Waals surface area contributed by atoms with Crippen molar-refractivity contribution in [2.45, 2.75) is 152 Å². The van der Waals surface area contributed by atoms with Crippen molar-refractivity contribution < 1.29 is 38.4 Å². The summed E-state index contributed by atoms with van der Waals surface area (Å²) in [6, 6.07) is 29.7. The zero-order chi connectivity index (χ0) is 62.7. The number of amides is 8. The standard InChI is InChI=1S/C68H94N12O8/c1-45(71-3)63(83)75-61(51-21-13-7-14-22-51)67(87)79-41-55(69)37-57(79)43-77(35-33-47-17-9-5-10-18-47)59(81)39-73-65(85)53-29-25-49(26-30-53)50-27-31-54(32-28-50)66(86)74-40-60(82)78(36-34-48-19-11-6-12-20-48)44-58-38-56(70)42-80(58)68(88)62(52-23-15-8-16-24-52)76-64(84)46(2)72-4/h5-6,9-12,17-20,25-32,45-46,51-52,55-58,61-62,71-72H,7-8,13-16,21-24,33-44,69-70H2,1-4H3,(H,73,85)(H,74,86)(H,75,83)(H,76,84)/t45-,46-,55-,56-,57-,58+,61-,62-/m0/s1. The Balaban J connectivity index is 0.876. The third kappa shape index (κ3) is 18.3. The van der Waals surface area contributed by atoms with Gasteiger partial charge in [-0.25, -0.2) is 0 Å². The number of nitrogens with zero attached hydrogens (tertiary/aromatic N) is 4. The molecule has 4 aromatic carbocycles. The molecule has 0 bridgehead atoms. The lowest BCUT2D eigenvalue weighted by Gasteiger charge is -2.37. The fraction of sp³-hybridized carbons (Fsp3) is 0.529. The van der Waals surface area contributed by atoms with Crippen LogP contribution < -0.4 is 43.4 Å². The maximum atomic E-state index is 14.6. The van der Waals surface area contributed by atoms with Gasteiger partial charge in [-0.2, -0.15) is 0 Å². The molecule has 2 saturated carbocycles. The fourth-order valence-electron chi connectivity index (χ4n) is 13.0. The Morgan fingerprint density at radius 3 is 1.19 bits per heavy atom. The van der Waals surface area contributed by atoms with E-state index < -0.39 is 48.1 Å². The van der Waals surface area contributed by atoms with E-state index in [0.29, 0.717) is 63.0 Å². The molecule has 0 aromatic heterocycles. The summed E-state index contributed by atoms with van der Waals surface area (Å²) < 4.78 is 0. The highest BCUT2D eigenvalue weighted by Crippen LogP contribution is 2.32. The summed E-state index contributed by atoms with van der Waals surface area (Å²) in [5.41, 5.74) is 17.5. The van der Waals surface area contributed by atoms with Gasteiger partial charge < -0.3 is 63.0 Å². The second kappa shape index (κ2) is 32.6. The summed E-state index contributed by atoms with van der Waals surface area (Å²) in [7, 11) is 3.42. The molecule has 8 atom stereocenters. The first-order valence-electron chi connectivity index (χ1n) is 32.0. The van der Waals surface area contributed by atoms with Crippen molar-refractivity contribution in [1.82, 2.24) is 51.5 Å². The van der Waals surface area contributed by atoms with Crippen LogP contribution in [0.4, 0.5) is 0 Å². The van der Waals surface area contributed by atoms with Crippen LogP contribution >= 0.6 is 0 Å². The van der Waals surface area contributed by atoms with Crippen LogP contribution in [0, 0.1) is 11.8 Å². The second-order valence-corrected chi connectivity index (χ2v) is 24.7. The first-order valence-corrected chi connectivity index (χ1v) is 32.0. The SMILES string of the molecule is CN[C@@H](C)C(=O)N[C@H](C(=O)N1C[C@@H](N)C[C@@H]1CN(CCc1ccccc1)C(=O)CNC(=O)c1ccc(-c2ccc(C(=O)NCC(=O)N(CCc3ccccc3)C[C@@H]3C[C@H](N)CN3C(=O)[C@@H](NC(=O)[C@H](C)NC)C3CCCCC3)cc2)cc1)C1CCCCC1. The van der Waals surface area contributed by atoms with E-state index in [1.54, 1.807) is 96.1 Å². The topological polar surface area (TPSA) is 274 Å². The van der Waals surface area contributed by atoms with Gasteiger partial charge >= 0.3 is 0 Å². The molecule has 2 aliphatic heterocycles. The summed E-state index contributed by atoms with van der Waals surface area (Å²) in [5.74, 6) is -2.33. The number of carbonyl (C=O) groups excluding carboxylic acids is 8. The van der Waals surface area contributed by atoms with Crippen molar-refractivity contribution in [2.24, 2.45) is 23.3 Å². The highest BCUT2D eigenvalue weighted by molar-refractivity contribution is 5.98. The van der Waals surface area contributed by atoms with E-state index in [1.807, 2.05) is 60.7 Å². The van der Waals surface area contributed by atoms with E-state index >= 15 is 0 Å². The van der Waals surface area contributed by atoms with Crippen molar-refractivity contribution >= 4 is 47.3 Å². The Morgan fingerprint density at radius 1 is 0.500 bits per heavy atom. The fourth-order valence-corrected chi connectivity index (χ4v) is 13.0. The Morgan fingerprint density at radius 2 is 0.852 bits per heavy atom. The highest BCUT2D eigenvalue weighted by atomic mass is 16.2. The van der Waals surface area contributed by atoms with Crippen LogP contribution in [0.15, 0.2) is 109 Å². The average Bonchev–Trinajstić information content (AvgIpc) is 4.20. The van der Waals surface area contributed by atoms with Crippen LogP contribution in [0.25, 0.3) is 11.1 Å². The molecular formula is C68H94N12O8. The van der Waals surface area contributed by atoms with Crippen molar-refractivity contribution in [2.75, 3.05) is 66.5 Å². The van der Waals surface area contributed by atoms with Gasteiger partial charge in [-0.15, -0.1) is 0 Å². The molecule has 2 saturated heterocycles. The van der Waals surface area contributed by atoms with E-state index in [-0.39, 0.29) is 85.5 Å². The van der Waals surface area contributed by atoms with Crippen LogP contribution in [0.1, 0.15) is 123 Å². The maximum absolute atomic E-state index is 14.6. The molecule has 4 aliphatic rings. The number of likely N-dealkylation sites (tertiary alicyclic amines) is 2. The zero-order valence-corrected chi connectivity index (χ0v) is 51.9. The molecule has 10 N–H and O–H groups in total. The van der Waals surface area contributed by atoms with E-state index in [4.69, 9.17) is 11.5 Å². The number of benzene rings is 4. The zero-order valence-electron chi connectivity index (χ0n) is 51.9. The third-order valence-corrected chi connectivity index (χ3v) is 18.5. The number of nitrogens with two attached hydrogens (primary N) is 2. The summed E-state index contributed by atoms with van der Waals surface area (Å²) in [5, 5.41) is 17.7. The molecule has 474 valence electrons. The lowest BCUT2D eigenvalue weighted by molar-refractivity contribution is -0.141. The van der Waals surface area contributed by atoms with Crippen LogP contribution in [-0.4, -0.2) is 182 Å². The molecular weight excluding hydrogens is 1110 g/mol. The van der Waals surface area contributed by atoms with Crippen LogP contribution in [0.3, 0.4) is 0 Å². The van der Waals surface area contributed by atoms with Crippen molar-refractivity contribution in [3.8, 4) is 11.1 Å². The molecule has 0 spiro atoms. The van der Waals surface area contributed by atoms with Gasteiger partial charge in [-0.1, -0.05) is 123 Å². The van der Waals surface area contributed by atoms with Gasteiger partial charge in [0.15, 0.2) is 0 Å². The van der Waals surface area contributed by atoms with Crippen LogP contribution in [-0.2, 0) is 41.6 Å². The third-order valence-electron chi connectivity index (χ3n) is 18.5. The predicted octanol–water partition coefficient (Wildman–Crippen LogP) is 4.16. The Labute approximate surface area is 519 Å². The molecule has 2 aliphatic carbocycles. The maximum Gasteiger partial charge on any atom is 0.251 e. The van der Waals surface area contributed by atoms with Gasteiger partial charge in [0.2, 0.25) is 35.4 Å². The highest BCUT2D eigenvalue weighted by Gasteiger charge is 2.44. The monoisotopic (exact) mass is 1210 g/mol. The number of nitrogens with one attached hydrogen (secondary N) is 6. The first kappa shape index (κ1) is 66.4. The van der Waals surface area contributed by atoms with Crippen LogP contribution in [0.2, 0.25) is 0 Å². The van der Waals surface area contributed by atoms with Crippen molar-refractivity contribution in [3.63, 3.8) is 0 Å². The average molecular weight is 1210 g/mol. The Kier molecular flexibility index (Phi) is 24.6. The number of hydrogen-bond donors (Lipinski definition) is 8. The van der Waals surface area contributed by atoms with Gasteiger partial charge in [-0.3, -0.25) is 38.4 Å². The number of carbonyl (C=O) groups is 8. The van der Waals surface area contributed by atoms with E-state index in [2.05, 4.69) is 31.9 Å². The lowest BCUT2D eigenvalue weighted by Crippen LogP contribution is -2.58. The van der Waals surface area contributed by atoms with Crippen molar-refractivity contribution in [3.05, 3.63) is 131 Å². The molecule has 20 nitrogen and oxygen atoms in total. The Bertz CT molecular complexity index is 2760. The minimum atomic E-state index is -0.705. The first-order chi connectivity index (χ1) is 42.5. The summed E-state index contributed by atoms with van der Waals surface area (Å²) >= 11 is 0. The number of rotatable bonds is 27. The van der Waals surface area contributed by atoms with Gasteiger partial charge in [0.05, 0.1) is 37.3 Å².